The maximum atomic E-state index is 4.61. The Morgan fingerprint density at radius 2 is 1.62 bits per heavy atom. The Morgan fingerprint density at radius 1 is 0.828 bits per heavy atom. The van der Waals surface area contributed by atoms with Crippen molar-refractivity contribution in [3.05, 3.63) is 84.2 Å². The highest BCUT2D eigenvalue weighted by Crippen LogP contribution is 2.34. The second-order valence-corrected chi connectivity index (χ2v) is 8.13. The van der Waals surface area contributed by atoms with Crippen molar-refractivity contribution in [2.45, 2.75) is 33.7 Å². The van der Waals surface area contributed by atoms with E-state index in [-0.39, 0.29) is 0 Å². The molecule has 0 saturated carbocycles. The SMILES string of the molecule is Cc1ccc2c(c1)c1ccccc1n2-c1ccc(-c2nccn2C(C)C)cc1C. The number of rotatable bonds is 3. The number of fused-ring (bicyclic) bond motifs is 3. The van der Waals surface area contributed by atoms with Gasteiger partial charge in [-0.05, 0) is 69.7 Å². The molecular weight excluding hydrogens is 354 g/mol. The van der Waals surface area contributed by atoms with Crippen molar-refractivity contribution in [3.8, 4) is 17.1 Å². The Labute approximate surface area is 171 Å². The molecule has 5 aromatic rings. The number of aromatic nitrogens is 3. The van der Waals surface area contributed by atoms with Gasteiger partial charge in [-0.15, -0.1) is 0 Å². The van der Waals surface area contributed by atoms with Gasteiger partial charge in [-0.25, -0.2) is 4.98 Å². The lowest BCUT2D eigenvalue weighted by Gasteiger charge is -2.15. The van der Waals surface area contributed by atoms with Gasteiger partial charge < -0.3 is 9.13 Å². The van der Waals surface area contributed by atoms with E-state index < -0.39 is 0 Å². The van der Waals surface area contributed by atoms with Gasteiger partial charge in [0.2, 0.25) is 0 Å². The van der Waals surface area contributed by atoms with Crippen LogP contribution in [-0.2, 0) is 0 Å². The highest BCUT2D eigenvalue weighted by molar-refractivity contribution is 6.09. The third kappa shape index (κ3) is 2.77. The van der Waals surface area contributed by atoms with E-state index in [1.807, 2.05) is 6.20 Å². The van der Waals surface area contributed by atoms with Crippen molar-refractivity contribution in [2.75, 3.05) is 0 Å². The summed E-state index contributed by atoms with van der Waals surface area (Å²) >= 11 is 0. The lowest BCUT2D eigenvalue weighted by molar-refractivity contribution is 0.606. The van der Waals surface area contributed by atoms with Gasteiger partial charge in [0.25, 0.3) is 0 Å². The van der Waals surface area contributed by atoms with Crippen LogP contribution >= 0.6 is 0 Å². The molecule has 0 atom stereocenters. The zero-order chi connectivity index (χ0) is 20.1. The largest absolute Gasteiger partial charge is 0.328 e. The summed E-state index contributed by atoms with van der Waals surface area (Å²) in [7, 11) is 0. The summed E-state index contributed by atoms with van der Waals surface area (Å²) in [6, 6.07) is 22.5. The molecule has 3 aromatic carbocycles. The fourth-order valence-corrected chi connectivity index (χ4v) is 4.35. The van der Waals surface area contributed by atoms with Crippen molar-refractivity contribution in [1.82, 2.24) is 14.1 Å². The predicted octanol–water partition coefficient (Wildman–Crippen LogP) is 6.84. The molecule has 2 aromatic heterocycles. The zero-order valence-corrected chi connectivity index (χ0v) is 17.3. The van der Waals surface area contributed by atoms with Crippen molar-refractivity contribution >= 4 is 21.8 Å². The minimum absolute atomic E-state index is 0.382. The van der Waals surface area contributed by atoms with E-state index in [0.717, 1.165) is 11.4 Å². The van der Waals surface area contributed by atoms with Crippen LogP contribution in [0, 0.1) is 13.8 Å². The van der Waals surface area contributed by atoms with Crippen molar-refractivity contribution < 1.29 is 0 Å². The smallest absolute Gasteiger partial charge is 0.140 e. The third-order valence-electron chi connectivity index (χ3n) is 5.75. The second kappa shape index (κ2) is 6.63. The molecule has 0 N–H and O–H groups in total. The molecule has 3 heteroatoms. The molecular formula is C26H25N3. The fraction of sp³-hybridized carbons (Fsp3) is 0.192. The zero-order valence-electron chi connectivity index (χ0n) is 17.3. The maximum absolute atomic E-state index is 4.61. The van der Waals surface area contributed by atoms with Crippen LogP contribution in [0.1, 0.15) is 31.0 Å². The van der Waals surface area contributed by atoms with Gasteiger partial charge in [0, 0.05) is 40.5 Å². The molecule has 144 valence electrons. The number of aryl methyl sites for hydroxylation is 2. The molecule has 0 saturated heterocycles. The normalized spacial score (nSPS) is 11.8. The van der Waals surface area contributed by atoms with Gasteiger partial charge in [-0.1, -0.05) is 29.8 Å². The first-order valence-corrected chi connectivity index (χ1v) is 10.2. The molecule has 0 radical (unpaired) electrons. The van der Waals surface area contributed by atoms with Crippen LogP contribution in [0.4, 0.5) is 0 Å². The number of benzene rings is 3. The molecule has 0 unspecified atom stereocenters. The van der Waals surface area contributed by atoms with E-state index in [4.69, 9.17) is 0 Å². The van der Waals surface area contributed by atoms with Crippen LogP contribution in [0.5, 0.6) is 0 Å². The van der Waals surface area contributed by atoms with Gasteiger partial charge >= 0.3 is 0 Å². The Kier molecular flexibility index (Phi) is 4.06. The maximum Gasteiger partial charge on any atom is 0.140 e. The lowest BCUT2D eigenvalue weighted by atomic mass is 10.1. The first-order valence-electron chi connectivity index (χ1n) is 10.2. The molecule has 0 fully saturated rings. The van der Waals surface area contributed by atoms with Crippen molar-refractivity contribution in [1.29, 1.82) is 0 Å². The summed E-state index contributed by atoms with van der Waals surface area (Å²) in [6.45, 7) is 8.72. The van der Waals surface area contributed by atoms with Gasteiger partial charge in [-0.3, -0.25) is 0 Å². The summed E-state index contributed by atoms with van der Waals surface area (Å²) in [5.74, 6) is 1.02. The Morgan fingerprint density at radius 3 is 2.41 bits per heavy atom. The standard InChI is InChI=1S/C26H25N3/c1-17(2)28-14-13-27-26(28)20-10-12-23(19(4)16-20)29-24-8-6-5-7-21(24)22-15-18(3)9-11-25(22)29/h5-17H,1-4H3. The van der Waals surface area contributed by atoms with E-state index in [9.17, 15) is 0 Å². The van der Waals surface area contributed by atoms with Crippen molar-refractivity contribution in [2.24, 2.45) is 0 Å². The van der Waals surface area contributed by atoms with Crippen LogP contribution < -0.4 is 0 Å². The van der Waals surface area contributed by atoms with Crippen LogP contribution in [0.2, 0.25) is 0 Å². The number of nitrogens with zero attached hydrogens (tertiary/aromatic N) is 3. The second-order valence-electron chi connectivity index (χ2n) is 8.13. The average Bonchev–Trinajstić information content (AvgIpc) is 3.31. The number of imidazole rings is 1. The third-order valence-corrected chi connectivity index (χ3v) is 5.75. The summed E-state index contributed by atoms with van der Waals surface area (Å²) in [5.41, 5.74) is 7.38. The molecule has 0 bridgehead atoms. The first kappa shape index (κ1) is 17.7. The quantitative estimate of drug-likeness (QED) is 0.336. The highest BCUT2D eigenvalue weighted by atomic mass is 15.1. The minimum atomic E-state index is 0.382. The molecule has 0 aliphatic carbocycles. The average molecular weight is 380 g/mol. The summed E-state index contributed by atoms with van der Waals surface area (Å²) in [5, 5.41) is 2.60. The number of hydrogen-bond donors (Lipinski definition) is 0. The van der Waals surface area contributed by atoms with Crippen LogP contribution in [0.3, 0.4) is 0 Å². The molecule has 0 aliphatic heterocycles. The van der Waals surface area contributed by atoms with Gasteiger partial charge in [0.15, 0.2) is 0 Å². The van der Waals surface area contributed by atoms with Gasteiger partial charge in [0.05, 0.1) is 11.0 Å². The van der Waals surface area contributed by atoms with E-state index in [1.165, 1.54) is 38.6 Å². The summed E-state index contributed by atoms with van der Waals surface area (Å²) in [4.78, 5) is 4.61. The summed E-state index contributed by atoms with van der Waals surface area (Å²) in [6.07, 6.45) is 3.94. The lowest BCUT2D eigenvalue weighted by Crippen LogP contribution is -2.03. The van der Waals surface area contributed by atoms with E-state index in [2.05, 4.69) is 109 Å². The molecule has 2 heterocycles. The number of para-hydroxylation sites is 1. The van der Waals surface area contributed by atoms with Crippen LogP contribution in [0.15, 0.2) is 73.1 Å². The highest BCUT2D eigenvalue weighted by Gasteiger charge is 2.15. The predicted molar refractivity (Wildman–Crippen MR) is 122 cm³/mol. The van der Waals surface area contributed by atoms with E-state index >= 15 is 0 Å². The molecule has 0 spiro atoms. The monoisotopic (exact) mass is 379 g/mol. The van der Waals surface area contributed by atoms with E-state index in [1.54, 1.807) is 0 Å². The van der Waals surface area contributed by atoms with Gasteiger partial charge in [-0.2, -0.15) is 0 Å². The van der Waals surface area contributed by atoms with Crippen LogP contribution in [-0.4, -0.2) is 14.1 Å². The molecule has 0 amide bonds. The molecule has 29 heavy (non-hydrogen) atoms. The molecule has 0 aliphatic rings. The molecule has 5 rings (SSSR count). The van der Waals surface area contributed by atoms with Gasteiger partial charge in [0.1, 0.15) is 5.82 Å². The Balaban J connectivity index is 1.74. The fourth-order valence-electron chi connectivity index (χ4n) is 4.35. The first-order chi connectivity index (χ1) is 14.0. The Bertz CT molecular complexity index is 1350. The summed E-state index contributed by atoms with van der Waals surface area (Å²) < 4.78 is 4.61. The van der Waals surface area contributed by atoms with Crippen molar-refractivity contribution in [3.63, 3.8) is 0 Å². The van der Waals surface area contributed by atoms with Crippen LogP contribution in [0.25, 0.3) is 38.9 Å². The number of hydrogen-bond acceptors (Lipinski definition) is 1. The topological polar surface area (TPSA) is 22.8 Å². The van der Waals surface area contributed by atoms with E-state index in [0.29, 0.717) is 6.04 Å². The molecule has 3 nitrogen and oxygen atoms in total. The minimum Gasteiger partial charge on any atom is -0.328 e. The Hall–Kier alpha value is -3.33.